The number of nitrogens with one attached hydrogen (secondary N) is 1. The molecule has 5 nitrogen and oxygen atoms in total. The highest BCUT2D eigenvalue weighted by Gasteiger charge is 2.21. The Labute approximate surface area is 160 Å². The molecule has 1 atom stereocenters. The van der Waals surface area contributed by atoms with Crippen LogP contribution in [0, 0.1) is 11.7 Å². The lowest BCUT2D eigenvalue weighted by molar-refractivity contribution is 0.353. The van der Waals surface area contributed by atoms with Crippen LogP contribution in [0.1, 0.15) is 30.9 Å². The van der Waals surface area contributed by atoms with Crippen LogP contribution in [0.4, 0.5) is 4.39 Å². The fourth-order valence-electron chi connectivity index (χ4n) is 2.89. The van der Waals surface area contributed by atoms with Crippen LogP contribution in [0.5, 0.6) is 11.5 Å². The number of rotatable bonds is 9. The van der Waals surface area contributed by atoms with Gasteiger partial charge in [0.15, 0.2) is 11.5 Å². The Hall–Kier alpha value is -2.12. The van der Waals surface area contributed by atoms with Gasteiger partial charge in [-0.2, -0.15) is 0 Å². The van der Waals surface area contributed by atoms with E-state index in [4.69, 9.17) is 9.47 Å². The normalized spacial score (nSPS) is 12.8. The van der Waals surface area contributed by atoms with Crippen LogP contribution in [-0.2, 0) is 15.8 Å². The van der Waals surface area contributed by atoms with E-state index in [2.05, 4.69) is 4.72 Å². The average molecular weight is 395 g/mol. The minimum absolute atomic E-state index is 0.0344. The van der Waals surface area contributed by atoms with E-state index in [9.17, 15) is 12.8 Å². The van der Waals surface area contributed by atoms with Gasteiger partial charge in [-0.25, -0.2) is 17.5 Å². The zero-order valence-corrected chi connectivity index (χ0v) is 16.8. The molecular weight excluding hydrogens is 369 g/mol. The first-order valence-corrected chi connectivity index (χ1v) is 10.3. The van der Waals surface area contributed by atoms with Crippen LogP contribution >= 0.6 is 0 Å². The summed E-state index contributed by atoms with van der Waals surface area (Å²) in [6.45, 7) is 4.34. The molecule has 2 rings (SSSR count). The van der Waals surface area contributed by atoms with Gasteiger partial charge in [0.05, 0.1) is 20.0 Å². The van der Waals surface area contributed by atoms with Gasteiger partial charge < -0.3 is 9.47 Å². The Morgan fingerprint density at radius 2 is 1.63 bits per heavy atom. The van der Waals surface area contributed by atoms with E-state index >= 15 is 0 Å². The summed E-state index contributed by atoms with van der Waals surface area (Å²) in [6.07, 6.45) is 0. The van der Waals surface area contributed by atoms with E-state index in [0.29, 0.717) is 17.1 Å². The third-order valence-corrected chi connectivity index (χ3v) is 5.75. The van der Waals surface area contributed by atoms with Gasteiger partial charge >= 0.3 is 0 Å². The van der Waals surface area contributed by atoms with Crippen molar-refractivity contribution >= 4 is 10.0 Å². The van der Waals surface area contributed by atoms with E-state index < -0.39 is 15.8 Å². The number of halogens is 1. The van der Waals surface area contributed by atoms with Crippen molar-refractivity contribution in [2.24, 2.45) is 5.92 Å². The molecule has 1 unspecified atom stereocenters. The molecule has 2 aromatic rings. The second-order valence-electron chi connectivity index (χ2n) is 6.70. The summed E-state index contributed by atoms with van der Waals surface area (Å²) in [5.41, 5.74) is 1.50. The fraction of sp³-hybridized carbons (Fsp3) is 0.400. The van der Waals surface area contributed by atoms with Gasteiger partial charge in [-0.15, -0.1) is 0 Å². The van der Waals surface area contributed by atoms with E-state index in [-0.39, 0.29) is 24.1 Å². The minimum atomic E-state index is -3.54. The maximum Gasteiger partial charge on any atom is 0.215 e. The SMILES string of the molecule is COc1ccc(C(CNS(=O)(=O)Cc2ccc(F)cc2)C(C)C)cc1OC. The van der Waals surface area contributed by atoms with E-state index in [1.54, 1.807) is 14.2 Å². The van der Waals surface area contributed by atoms with E-state index in [1.165, 1.54) is 24.3 Å². The number of sulfonamides is 1. The monoisotopic (exact) mass is 395 g/mol. The molecule has 0 radical (unpaired) electrons. The number of hydrogen-bond acceptors (Lipinski definition) is 4. The smallest absolute Gasteiger partial charge is 0.215 e. The minimum Gasteiger partial charge on any atom is -0.493 e. The van der Waals surface area contributed by atoms with Gasteiger partial charge in [0, 0.05) is 6.54 Å². The molecule has 0 bridgehead atoms. The molecule has 0 aromatic heterocycles. The Morgan fingerprint density at radius 3 is 2.19 bits per heavy atom. The van der Waals surface area contributed by atoms with Crippen molar-refractivity contribution in [3.63, 3.8) is 0 Å². The highest BCUT2D eigenvalue weighted by molar-refractivity contribution is 7.88. The van der Waals surface area contributed by atoms with Crippen LogP contribution in [-0.4, -0.2) is 29.2 Å². The Bertz CT molecular complexity index is 851. The van der Waals surface area contributed by atoms with Gasteiger partial charge in [0.1, 0.15) is 5.82 Å². The first-order valence-electron chi connectivity index (χ1n) is 8.69. The van der Waals surface area contributed by atoms with Crippen molar-refractivity contribution in [1.82, 2.24) is 4.72 Å². The molecule has 27 heavy (non-hydrogen) atoms. The maximum absolute atomic E-state index is 13.0. The average Bonchev–Trinajstić information content (AvgIpc) is 2.63. The summed E-state index contributed by atoms with van der Waals surface area (Å²) < 4.78 is 51.1. The van der Waals surface area contributed by atoms with Crippen molar-refractivity contribution in [2.75, 3.05) is 20.8 Å². The second kappa shape index (κ2) is 9.19. The quantitative estimate of drug-likeness (QED) is 0.703. The number of benzene rings is 2. The molecule has 1 N–H and O–H groups in total. The topological polar surface area (TPSA) is 64.6 Å². The first kappa shape index (κ1) is 21.2. The van der Waals surface area contributed by atoms with Gasteiger partial charge in [0.2, 0.25) is 10.0 Å². The molecule has 0 fully saturated rings. The van der Waals surface area contributed by atoms with Crippen molar-refractivity contribution in [2.45, 2.75) is 25.5 Å². The third kappa shape index (κ3) is 5.94. The summed E-state index contributed by atoms with van der Waals surface area (Å²) in [6, 6.07) is 11.1. The summed E-state index contributed by atoms with van der Waals surface area (Å²) >= 11 is 0. The zero-order chi connectivity index (χ0) is 20.0. The summed E-state index contributed by atoms with van der Waals surface area (Å²) in [5, 5.41) is 0. The predicted molar refractivity (Wildman–Crippen MR) is 104 cm³/mol. The fourth-order valence-corrected chi connectivity index (χ4v) is 4.06. The van der Waals surface area contributed by atoms with E-state index in [1.807, 2.05) is 32.0 Å². The zero-order valence-electron chi connectivity index (χ0n) is 16.0. The number of hydrogen-bond donors (Lipinski definition) is 1. The molecular formula is C20H26FNO4S. The van der Waals surface area contributed by atoms with Crippen LogP contribution < -0.4 is 14.2 Å². The summed E-state index contributed by atoms with van der Waals surface area (Å²) in [7, 11) is -0.404. The molecule has 0 saturated carbocycles. The molecule has 0 aliphatic rings. The first-order chi connectivity index (χ1) is 12.8. The molecule has 0 spiro atoms. The Morgan fingerprint density at radius 1 is 1.00 bits per heavy atom. The molecule has 7 heteroatoms. The van der Waals surface area contributed by atoms with Crippen LogP contribution in [0.3, 0.4) is 0 Å². The highest BCUT2D eigenvalue weighted by Crippen LogP contribution is 2.33. The number of ether oxygens (including phenoxy) is 2. The lowest BCUT2D eigenvalue weighted by atomic mass is 9.88. The Kier molecular flexibility index (Phi) is 7.21. The Balaban J connectivity index is 2.13. The van der Waals surface area contributed by atoms with Gasteiger partial charge in [0.25, 0.3) is 0 Å². The third-order valence-electron chi connectivity index (χ3n) is 4.43. The van der Waals surface area contributed by atoms with Crippen molar-refractivity contribution in [1.29, 1.82) is 0 Å². The molecule has 0 heterocycles. The van der Waals surface area contributed by atoms with Gasteiger partial charge in [-0.05, 0) is 47.2 Å². The van der Waals surface area contributed by atoms with Gasteiger partial charge in [-0.3, -0.25) is 0 Å². The maximum atomic E-state index is 13.0. The predicted octanol–water partition coefficient (Wildman–Crippen LogP) is 3.70. The van der Waals surface area contributed by atoms with Gasteiger partial charge in [-0.1, -0.05) is 32.0 Å². The molecule has 0 saturated heterocycles. The lowest BCUT2D eigenvalue weighted by Gasteiger charge is -2.23. The summed E-state index contributed by atoms with van der Waals surface area (Å²) in [4.78, 5) is 0. The molecule has 148 valence electrons. The van der Waals surface area contributed by atoms with Crippen molar-refractivity contribution in [3.05, 3.63) is 59.4 Å². The highest BCUT2D eigenvalue weighted by atomic mass is 32.2. The van der Waals surface area contributed by atoms with Crippen LogP contribution in [0.2, 0.25) is 0 Å². The summed E-state index contributed by atoms with van der Waals surface area (Å²) in [5.74, 6) is 0.821. The molecule has 0 aliphatic heterocycles. The molecule has 2 aromatic carbocycles. The van der Waals surface area contributed by atoms with Crippen molar-refractivity contribution < 1.29 is 22.3 Å². The largest absolute Gasteiger partial charge is 0.493 e. The van der Waals surface area contributed by atoms with Crippen LogP contribution in [0.15, 0.2) is 42.5 Å². The van der Waals surface area contributed by atoms with Crippen molar-refractivity contribution in [3.8, 4) is 11.5 Å². The van der Waals surface area contributed by atoms with Crippen LogP contribution in [0.25, 0.3) is 0 Å². The number of methoxy groups -OCH3 is 2. The lowest BCUT2D eigenvalue weighted by Crippen LogP contribution is -2.31. The standard InChI is InChI=1S/C20H26FNO4S/c1-14(2)18(16-7-10-19(25-3)20(11-16)26-4)12-22-27(23,24)13-15-5-8-17(21)9-6-15/h5-11,14,18,22H,12-13H2,1-4H3. The molecule has 0 aliphatic carbocycles. The van der Waals surface area contributed by atoms with E-state index in [0.717, 1.165) is 5.56 Å². The second-order valence-corrected chi connectivity index (χ2v) is 8.51. The molecule has 0 amide bonds.